The van der Waals surface area contributed by atoms with Crippen LogP contribution in [0.3, 0.4) is 0 Å². The van der Waals surface area contributed by atoms with Gasteiger partial charge in [0.2, 0.25) is 0 Å². The highest BCUT2D eigenvalue weighted by molar-refractivity contribution is 5.95. The Morgan fingerprint density at radius 2 is 2.10 bits per heavy atom. The van der Waals surface area contributed by atoms with Crippen LogP contribution in [-0.2, 0) is 11.8 Å². The van der Waals surface area contributed by atoms with Crippen LogP contribution in [0.2, 0.25) is 0 Å². The summed E-state index contributed by atoms with van der Waals surface area (Å²) in [6.07, 6.45) is 2.11. The molecular weight excluding hydrogens is 268 g/mol. The number of hydrogen-bond donors (Lipinski definition) is 1. The normalized spacial score (nSPS) is 24.8. The second kappa shape index (κ2) is 6.58. The zero-order valence-corrected chi connectivity index (χ0v) is 13.6. The van der Waals surface area contributed by atoms with E-state index in [2.05, 4.69) is 36.1 Å². The monoisotopic (exact) mass is 294 g/mol. The summed E-state index contributed by atoms with van der Waals surface area (Å²) in [7, 11) is 1.84. The summed E-state index contributed by atoms with van der Waals surface area (Å²) in [5, 5.41) is 7.11. The zero-order valence-electron chi connectivity index (χ0n) is 13.6. The Hall–Kier alpha value is -1.40. The van der Waals surface area contributed by atoms with Gasteiger partial charge in [0, 0.05) is 38.4 Å². The van der Waals surface area contributed by atoms with Crippen molar-refractivity contribution in [2.45, 2.75) is 45.9 Å². The Morgan fingerprint density at radius 1 is 1.48 bits per heavy atom. The average Bonchev–Trinajstić information content (AvgIpc) is 2.75. The molecule has 21 heavy (non-hydrogen) atoms. The van der Waals surface area contributed by atoms with Gasteiger partial charge in [-0.05, 0) is 27.7 Å². The first kappa shape index (κ1) is 16.0. The Morgan fingerprint density at radius 3 is 2.62 bits per heavy atom. The number of rotatable bonds is 4. The van der Waals surface area contributed by atoms with Crippen LogP contribution in [0.5, 0.6) is 0 Å². The minimum atomic E-state index is -0.0539. The molecule has 6 heteroatoms. The van der Waals surface area contributed by atoms with Gasteiger partial charge >= 0.3 is 0 Å². The van der Waals surface area contributed by atoms with Gasteiger partial charge < -0.3 is 10.1 Å². The van der Waals surface area contributed by atoms with Crippen LogP contribution in [0.1, 0.15) is 36.8 Å². The third-order valence-corrected chi connectivity index (χ3v) is 4.11. The first-order valence-electron chi connectivity index (χ1n) is 7.54. The van der Waals surface area contributed by atoms with Crippen LogP contribution in [-0.4, -0.2) is 58.5 Å². The lowest BCUT2D eigenvalue weighted by Crippen LogP contribution is -2.52. The van der Waals surface area contributed by atoms with Gasteiger partial charge in [-0.2, -0.15) is 5.10 Å². The molecule has 1 N–H and O–H groups in total. The molecule has 1 aliphatic heterocycles. The average molecular weight is 294 g/mol. The molecule has 2 rings (SSSR count). The molecule has 1 saturated heterocycles. The number of morpholine rings is 1. The first-order chi connectivity index (χ1) is 9.88. The Bertz CT molecular complexity index is 490. The molecule has 0 unspecified atom stereocenters. The summed E-state index contributed by atoms with van der Waals surface area (Å²) in [4.78, 5) is 14.6. The molecule has 1 amide bonds. The quantitative estimate of drug-likeness (QED) is 0.898. The molecule has 0 spiro atoms. The molecule has 2 heterocycles. The van der Waals surface area contributed by atoms with E-state index in [0.717, 1.165) is 18.8 Å². The Labute approximate surface area is 126 Å². The van der Waals surface area contributed by atoms with Crippen LogP contribution in [0.4, 0.5) is 0 Å². The van der Waals surface area contributed by atoms with Crippen LogP contribution in [0.25, 0.3) is 0 Å². The maximum Gasteiger partial charge on any atom is 0.254 e. The standard InChI is InChI=1S/C15H26N4O2/c1-10(19-8-11(2)21-12(3)9-19)6-16-15(20)14-7-17-18(5)13(14)4/h7,10-12H,6,8-9H2,1-5H3,(H,16,20)/t10-,11-,12-/m0/s1. The fraction of sp³-hybridized carbons (Fsp3) is 0.733. The lowest BCUT2D eigenvalue weighted by atomic mass is 10.1. The molecule has 0 aliphatic carbocycles. The molecule has 0 radical (unpaired) electrons. The molecule has 1 aromatic rings. The molecule has 3 atom stereocenters. The number of carbonyl (C=O) groups excluding carboxylic acids is 1. The van der Waals surface area contributed by atoms with E-state index in [1.165, 1.54) is 0 Å². The fourth-order valence-electron chi connectivity index (χ4n) is 2.76. The number of ether oxygens (including phenoxy) is 1. The van der Waals surface area contributed by atoms with Crippen LogP contribution in [0, 0.1) is 6.92 Å². The fourth-order valence-corrected chi connectivity index (χ4v) is 2.76. The number of nitrogens with one attached hydrogen (secondary N) is 1. The minimum Gasteiger partial charge on any atom is -0.373 e. The highest BCUT2D eigenvalue weighted by Gasteiger charge is 2.26. The van der Waals surface area contributed by atoms with Crippen molar-refractivity contribution in [3.8, 4) is 0 Å². The van der Waals surface area contributed by atoms with Crippen molar-refractivity contribution in [1.29, 1.82) is 0 Å². The van der Waals surface area contributed by atoms with Gasteiger partial charge in [-0.15, -0.1) is 0 Å². The topological polar surface area (TPSA) is 59.4 Å². The Balaban J connectivity index is 1.87. The number of aryl methyl sites for hydroxylation is 1. The van der Waals surface area contributed by atoms with E-state index >= 15 is 0 Å². The number of aromatic nitrogens is 2. The Kier molecular flexibility index (Phi) is 5.00. The summed E-state index contributed by atoms with van der Waals surface area (Å²) in [5.74, 6) is -0.0539. The maximum atomic E-state index is 12.2. The smallest absolute Gasteiger partial charge is 0.254 e. The van der Waals surface area contributed by atoms with Crippen molar-refractivity contribution in [3.63, 3.8) is 0 Å². The van der Waals surface area contributed by atoms with Gasteiger partial charge in [-0.25, -0.2) is 0 Å². The van der Waals surface area contributed by atoms with Crippen molar-refractivity contribution < 1.29 is 9.53 Å². The third-order valence-electron chi connectivity index (χ3n) is 4.11. The highest BCUT2D eigenvalue weighted by atomic mass is 16.5. The summed E-state index contributed by atoms with van der Waals surface area (Å²) < 4.78 is 7.45. The van der Waals surface area contributed by atoms with E-state index in [4.69, 9.17) is 4.74 Å². The second-order valence-electron chi connectivity index (χ2n) is 6.04. The molecule has 6 nitrogen and oxygen atoms in total. The van der Waals surface area contributed by atoms with Gasteiger partial charge in [0.25, 0.3) is 5.91 Å². The predicted molar refractivity (Wildman–Crippen MR) is 81.3 cm³/mol. The number of hydrogen-bond acceptors (Lipinski definition) is 4. The molecule has 0 aromatic carbocycles. The van der Waals surface area contributed by atoms with E-state index in [0.29, 0.717) is 18.2 Å². The molecule has 1 fully saturated rings. The zero-order chi connectivity index (χ0) is 15.6. The van der Waals surface area contributed by atoms with E-state index < -0.39 is 0 Å². The number of nitrogens with zero attached hydrogens (tertiary/aromatic N) is 3. The summed E-state index contributed by atoms with van der Waals surface area (Å²) in [6, 6.07) is 0.291. The van der Waals surface area contributed by atoms with Crippen LogP contribution < -0.4 is 5.32 Å². The van der Waals surface area contributed by atoms with Crippen molar-refractivity contribution in [2.75, 3.05) is 19.6 Å². The van der Waals surface area contributed by atoms with Gasteiger partial charge in [0.15, 0.2) is 0 Å². The summed E-state index contributed by atoms with van der Waals surface area (Å²) in [6.45, 7) is 10.7. The van der Waals surface area contributed by atoms with Crippen molar-refractivity contribution >= 4 is 5.91 Å². The van der Waals surface area contributed by atoms with Gasteiger partial charge in [-0.3, -0.25) is 14.4 Å². The maximum absolute atomic E-state index is 12.2. The van der Waals surface area contributed by atoms with E-state index in [-0.39, 0.29) is 18.1 Å². The molecular formula is C15H26N4O2. The lowest BCUT2D eigenvalue weighted by Gasteiger charge is -2.38. The molecule has 1 aromatic heterocycles. The minimum absolute atomic E-state index is 0.0539. The number of amides is 1. The van der Waals surface area contributed by atoms with E-state index in [1.807, 2.05) is 14.0 Å². The lowest BCUT2D eigenvalue weighted by molar-refractivity contribution is -0.0778. The SMILES string of the molecule is Cc1c(C(=O)NC[C@H](C)N2C[C@H](C)O[C@@H](C)C2)cnn1C. The van der Waals surface area contributed by atoms with Crippen molar-refractivity contribution in [2.24, 2.45) is 7.05 Å². The molecule has 0 bridgehead atoms. The predicted octanol–water partition coefficient (Wildman–Crippen LogP) is 0.956. The first-order valence-corrected chi connectivity index (χ1v) is 7.54. The second-order valence-corrected chi connectivity index (χ2v) is 6.04. The van der Waals surface area contributed by atoms with Gasteiger partial charge in [0.1, 0.15) is 0 Å². The van der Waals surface area contributed by atoms with Crippen LogP contribution >= 0.6 is 0 Å². The van der Waals surface area contributed by atoms with Crippen molar-refractivity contribution in [1.82, 2.24) is 20.0 Å². The van der Waals surface area contributed by atoms with Crippen LogP contribution in [0.15, 0.2) is 6.20 Å². The van der Waals surface area contributed by atoms with Gasteiger partial charge in [-0.1, -0.05) is 0 Å². The third kappa shape index (κ3) is 3.83. The molecule has 118 valence electrons. The molecule has 1 aliphatic rings. The summed E-state index contributed by atoms with van der Waals surface area (Å²) in [5.41, 5.74) is 1.53. The highest BCUT2D eigenvalue weighted by Crippen LogP contribution is 2.13. The number of carbonyl (C=O) groups is 1. The largest absolute Gasteiger partial charge is 0.373 e. The van der Waals surface area contributed by atoms with Crippen molar-refractivity contribution in [3.05, 3.63) is 17.5 Å². The molecule has 0 saturated carbocycles. The summed E-state index contributed by atoms with van der Waals surface area (Å²) >= 11 is 0. The van der Waals surface area contributed by atoms with Gasteiger partial charge in [0.05, 0.1) is 24.0 Å². The van der Waals surface area contributed by atoms with E-state index in [1.54, 1.807) is 10.9 Å². The van der Waals surface area contributed by atoms with E-state index in [9.17, 15) is 4.79 Å².